The van der Waals surface area contributed by atoms with E-state index >= 15 is 0 Å². The molecule has 1 unspecified atom stereocenters. The minimum Gasteiger partial charge on any atom is -0.461 e. The van der Waals surface area contributed by atoms with Gasteiger partial charge in [-0.05, 0) is 19.3 Å². The van der Waals surface area contributed by atoms with Crippen LogP contribution in [0.5, 0.6) is 0 Å². The van der Waals surface area contributed by atoms with Gasteiger partial charge in [0.1, 0.15) is 6.61 Å². The van der Waals surface area contributed by atoms with E-state index < -0.39 is 0 Å². The molecule has 98 valence electrons. The van der Waals surface area contributed by atoms with Gasteiger partial charge in [0.05, 0.1) is 5.92 Å². The van der Waals surface area contributed by atoms with Crippen LogP contribution in [-0.2, 0) is 9.53 Å². The topological polar surface area (TPSA) is 26.3 Å². The number of carbonyl (C=O) groups is 1. The van der Waals surface area contributed by atoms with Gasteiger partial charge < -0.3 is 4.74 Å². The Balaban J connectivity index is 3.91. The number of unbranched alkanes of at least 4 members (excludes halogenated alkanes) is 2. The highest BCUT2D eigenvalue weighted by Crippen LogP contribution is 2.15. The Morgan fingerprint density at radius 3 is 2.65 bits per heavy atom. The number of carbonyl (C=O) groups excluding carboxylic acids is 1. The molecular formula is C15H26O2. The van der Waals surface area contributed by atoms with Gasteiger partial charge in [-0.1, -0.05) is 51.3 Å². The largest absolute Gasteiger partial charge is 0.461 e. The Labute approximate surface area is 106 Å². The first-order valence-electron chi connectivity index (χ1n) is 6.68. The van der Waals surface area contributed by atoms with Gasteiger partial charge >= 0.3 is 5.97 Å². The van der Waals surface area contributed by atoms with Crippen molar-refractivity contribution in [2.24, 2.45) is 5.92 Å². The summed E-state index contributed by atoms with van der Waals surface area (Å²) in [4.78, 5) is 11.8. The summed E-state index contributed by atoms with van der Waals surface area (Å²) in [6.07, 6.45) is 11.8. The average molecular weight is 238 g/mol. The molecule has 0 saturated carbocycles. The SMILES string of the molecule is C=CCC(CCCC)C(=O)OCC=CCCC. The number of ether oxygens (including phenoxy) is 1. The van der Waals surface area contributed by atoms with Gasteiger partial charge in [-0.3, -0.25) is 4.79 Å². The molecule has 2 nitrogen and oxygen atoms in total. The summed E-state index contributed by atoms with van der Waals surface area (Å²) in [6.45, 7) is 8.35. The Bertz CT molecular complexity index is 231. The van der Waals surface area contributed by atoms with Crippen molar-refractivity contribution in [2.75, 3.05) is 6.61 Å². The predicted molar refractivity (Wildman–Crippen MR) is 72.8 cm³/mol. The third kappa shape index (κ3) is 8.73. The third-order valence-electron chi connectivity index (χ3n) is 2.63. The molecule has 0 aromatic heterocycles. The van der Waals surface area contributed by atoms with Crippen LogP contribution >= 0.6 is 0 Å². The summed E-state index contributed by atoms with van der Waals surface area (Å²) in [7, 11) is 0. The lowest BCUT2D eigenvalue weighted by Crippen LogP contribution is -2.17. The molecule has 0 aliphatic rings. The molecule has 0 amide bonds. The van der Waals surface area contributed by atoms with E-state index in [1.165, 1.54) is 0 Å². The highest BCUT2D eigenvalue weighted by molar-refractivity contribution is 5.72. The molecule has 0 saturated heterocycles. The van der Waals surface area contributed by atoms with Crippen LogP contribution in [0.3, 0.4) is 0 Å². The summed E-state index contributed by atoms with van der Waals surface area (Å²) in [5.41, 5.74) is 0. The van der Waals surface area contributed by atoms with E-state index in [-0.39, 0.29) is 11.9 Å². The normalized spacial score (nSPS) is 12.6. The first-order chi connectivity index (χ1) is 8.26. The molecule has 0 aromatic rings. The lowest BCUT2D eigenvalue weighted by Gasteiger charge is -2.12. The zero-order valence-electron chi connectivity index (χ0n) is 11.3. The van der Waals surface area contributed by atoms with Crippen LogP contribution in [0.1, 0.15) is 52.4 Å². The first kappa shape index (κ1) is 16.0. The number of esters is 1. The van der Waals surface area contributed by atoms with Crippen LogP contribution in [-0.4, -0.2) is 12.6 Å². The van der Waals surface area contributed by atoms with E-state index in [1.54, 1.807) is 6.08 Å². The minimum atomic E-state index is -0.0838. The number of hydrogen-bond acceptors (Lipinski definition) is 2. The lowest BCUT2D eigenvalue weighted by molar-refractivity contribution is -0.147. The van der Waals surface area contributed by atoms with E-state index in [2.05, 4.69) is 26.5 Å². The van der Waals surface area contributed by atoms with E-state index in [1.807, 2.05) is 6.08 Å². The Morgan fingerprint density at radius 1 is 1.29 bits per heavy atom. The zero-order valence-corrected chi connectivity index (χ0v) is 11.3. The maximum absolute atomic E-state index is 11.8. The molecule has 17 heavy (non-hydrogen) atoms. The molecule has 2 heteroatoms. The zero-order chi connectivity index (χ0) is 12.9. The molecule has 1 atom stereocenters. The van der Waals surface area contributed by atoms with Crippen molar-refractivity contribution in [3.8, 4) is 0 Å². The van der Waals surface area contributed by atoms with Crippen LogP contribution in [0.15, 0.2) is 24.8 Å². The Hall–Kier alpha value is -1.05. The Kier molecular flexibility index (Phi) is 10.7. The van der Waals surface area contributed by atoms with E-state index in [0.29, 0.717) is 6.61 Å². The molecule has 0 rings (SSSR count). The van der Waals surface area contributed by atoms with Gasteiger partial charge in [-0.15, -0.1) is 6.58 Å². The number of rotatable bonds is 10. The fourth-order valence-electron chi connectivity index (χ4n) is 1.58. The summed E-state index contributed by atoms with van der Waals surface area (Å²) in [5.74, 6) is -0.0912. The number of allylic oxidation sites excluding steroid dienone is 2. The molecule has 0 aliphatic heterocycles. The summed E-state index contributed by atoms with van der Waals surface area (Å²) < 4.78 is 5.23. The summed E-state index contributed by atoms with van der Waals surface area (Å²) >= 11 is 0. The molecule has 0 aromatic carbocycles. The summed E-state index contributed by atoms with van der Waals surface area (Å²) in [5, 5.41) is 0. The molecule has 0 radical (unpaired) electrons. The third-order valence-corrected chi connectivity index (χ3v) is 2.63. The molecule has 0 bridgehead atoms. The molecule has 0 heterocycles. The van der Waals surface area contributed by atoms with Gasteiger partial charge in [0.15, 0.2) is 0 Å². The molecule has 0 aliphatic carbocycles. The molecule has 0 N–H and O–H groups in total. The van der Waals surface area contributed by atoms with Gasteiger partial charge in [0.2, 0.25) is 0 Å². The van der Waals surface area contributed by atoms with Crippen molar-refractivity contribution in [1.29, 1.82) is 0 Å². The second kappa shape index (κ2) is 11.4. The van der Waals surface area contributed by atoms with Crippen molar-refractivity contribution >= 4 is 5.97 Å². The fourth-order valence-corrected chi connectivity index (χ4v) is 1.58. The number of hydrogen-bond donors (Lipinski definition) is 0. The highest BCUT2D eigenvalue weighted by Gasteiger charge is 2.17. The molecular weight excluding hydrogens is 212 g/mol. The molecule has 0 spiro atoms. The van der Waals surface area contributed by atoms with Gasteiger partial charge in [-0.2, -0.15) is 0 Å². The van der Waals surface area contributed by atoms with Crippen LogP contribution < -0.4 is 0 Å². The van der Waals surface area contributed by atoms with Crippen LogP contribution in [0, 0.1) is 5.92 Å². The van der Waals surface area contributed by atoms with Gasteiger partial charge in [0.25, 0.3) is 0 Å². The minimum absolute atomic E-state index is 0.00738. The highest BCUT2D eigenvalue weighted by atomic mass is 16.5. The van der Waals surface area contributed by atoms with Crippen molar-refractivity contribution in [3.63, 3.8) is 0 Å². The maximum Gasteiger partial charge on any atom is 0.309 e. The fraction of sp³-hybridized carbons (Fsp3) is 0.667. The maximum atomic E-state index is 11.8. The second-order valence-electron chi connectivity index (χ2n) is 4.25. The lowest BCUT2D eigenvalue weighted by atomic mass is 9.99. The van der Waals surface area contributed by atoms with E-state index in [4.69, 9.17) is 4.74 Å². The van der Waals surface area contributed by atoms with Crippen molar-refractivity contribution in [3.05, 3.63) is 24.8 Å². The van der Waals surface area contributed by atoms with Crippen LogP contribution in [0.25, 0.3) is 0 Å². The standard InChI is InChI=1S/C15H26O2/c1-4-7-9-10-13-17-15(16)14(11-6-3)12-8-5-2/h6,9-10,14H,3-5,7-8,11-13H2,1-2H3. The van der Waals surface area contributed by atoms with Crippen LogP contribution in [0.2, 0.25) is 0 Å². The van der Waals surface area contributed by atoms with Gasteiger partial charge in [0, 0.05) is 0 Å². The predicted octanol–water partition coefficient (Wildman–Crippen LogP) is 4.27. The van der Waals surface area contributed by atoms with Crippen molar-refractivity contribution in [2.45, 2.75) is 52.4 Å². The van der Waals surface area contributed by atoms with E-state index in [9.17, 15) is 4.79 Å². The average Bonchev–Trinajstić information content (AvgIpc) is 2.34. The second-order valence-corrected chi connectivity index (χ2v) is 4.25. The van der Waals surface area contributed by atoms with Crippen molar-refractivity contribution < 1.29 is 9.53 Å². The first-order valence-corrected chi connectivity index (χ1v) is 6.68. The molecule has 0 fully saturated rings. The quantitative estimate of drug-likeness (QED) is 0.419. The summed E-state index contributed by atoms with van der Waals surface area (Å²) in [6, 6.07) is 0. The van der Waals surface area contributed by atoms with Crippen molar-refractivity contribution in [1.82, 2.24) is 0 Å². The smallest absolute Gasteiger partial charge is 0.309 e. The van der Waals surface area contributed by atoms with Crippen LogP contribution in [0.4, 0.5) is 0 Å². The monoisotopic (exact) mass is 238 g/mol. The van der Waals surface area contributed by atoms with Gasteiger partial charge in [-0.25, -0.2) is 0 Å². The van der Waals surface area contributed by atoms with E-state index in [0.717, 1.165) is 38.5 Å². The Morgan fingerprint density at radius 2 is 2.06 bits per heavy atom.